The highest BCUT2D eigenvalue weighted by atomic mass is 19.3. The Morgan fingerprint density at radius 3 is 2.75 bits per heavy atom. The highest BCUT2D eigenvalue weighted by Crippen LogP contribution is 2.08. The summed E-state index contributed by atoms with van der Waals surface area (Å²) in [6.07, 6.45) is -0.742. The molecule has 0 radical (unpaired) electrons. The van der Waals surface area contributed by atoms with Crippen molar-refractivity contribution in [3.8, 4) is 0 Å². The second-order valence-corrected chi connectivity index (χ2v) is 2.46. The van der Waals surface area contributed by atoms with E-state index in [4.69, 9.17) is 0 Å². The lowest BCUT2D eigenvalue weighted by Crippen LogP contribution is -2.24. The van der Waals surface area contributed by atoms with Crippen molar-refractivity contribution in [2.75, 3.05) is 18.5 Å². The molecule has 0 unspecified atom stereocenters. The predicted molar refractivity (Wildman–Crippen MR) is 43.5 cm³/mol. The van der Waals surface area contributed by atoms with Crippen molar-refractivity contribution in [1.29, 1.82) is 0 Å². The standard InChI is InChI=1S/C8H10F2N2/c1-12(6-7(9)10)8-4-2-3-5-11-8/h2-5,7H,6H2,1H3. The summed E-state index contributed by atoms with van der Waals surface area (Å²) >= 11 is 0. The zero-order chi connectivity index (χ0) is 8.97. The second-order valence-electron chi connectivity index (χ2n) is 2.46. The Hall–Kier alpha value is -1.19. The van der Waals surface area contributed by atoms with Gasteiger partial charge in [-0.3, -0.25) is 0 Å². The number of anilines is 1. The Morgan fingerprint density at radius 2 is 2.25 bits per heavy atom. The number of hydrogen-bond donors (Lipinski definition) is 0. The van der Waals surface area contributed by atoms with Gasteiger partial charge < -0.3 is 4.90 Å². The van der Waals surface area contributed by atoms with E-state index in [1.54, 1.807) is 31.4 Å². The van der Waals surface area contributed by atoms with E-state index in [-0.39, 0.29) is 6.54 Å². The third-order valence-corrected chi connectivity index (χ3v) is 1.45. The van der Waals surface area contributed by atoms with E-state index in [0.717, 1.165) is 0 Å². The van der Waals surface area contributed by atoms with Crippen LogP contribution in [-0.4, -0.2) is 25.0 Å². The molecule has 0 aliphatic carbocycles. The van der Waals surface area contributed by atoms with Crippen molar-refractivity contribution in [1.82, 2.24) is 4.98 Å². The molecule has 0 atom stereocenters. The highest BCUT2D eigenvalue weighted by molar-refractivity contribution is 5.36. The monoisotopic (exact) mass is 172 g/mol. The Kier molecular flexibility index (Phi) is 2.96. The Labute approximate surface area is 69.8 Å². The maximum atomic E-state index is 11.9. The van der Waals surface area contributed by atoms with E-state index < -0.39 is 6.43 Å². The largest absolute Gasteiger partial charge is 0.354 e. The summed E-state index contributed by atoms with van der Waals surface area (Å²) < 4.78 is 23.8. The average Bonchev–Trinajstić information content (AvgIpc) is 2.05. The van der Waals surface area contributed by atoms with Gasteiger partial charge in [-0.05, 0) is 12.1 Å². The van der Waals surface area contributed by atoms with Gasteiger partial charge in [-0.15, -0.1) is 0 Å². The van der Waals surface area contributed by atoms with Crippen LogP contribution in [0.15, 0.2) is 24.4 Å². The molecule has 0 bridgehead atoms. The van der Waals surface area contributed by atoms with Crippen molar-refractivity contribution in [2.24, 2.45) is 0 Å². The zero-order valence-corrected chi connectivity index (χ0v) is 6.74. The molecule has 0 aliphatic heterocycles. The number of pyridine rings is 1. The molecule has 1 rings (SSSR count). The number of nitrogens with zero attached hydrogens (tertiary/aromatic N) is 2. The molecule has 1 aromatic rings. The maximum Gasteiger partial charge on any atom is 0.255 e. The van der Waals surface area contributed by atoms with Crippen molar-refractivity contribution in [3.63, 3.8) is 0 Å². The van der Waals surface area contributed by atoms with Gasteiger partial charge in [0.2, 0.25) is 0 Å². The first-order valence-electron chi connectivity index (χ1n) is 3.60. The number of aromatic nitrogens is 1. The van der Waals surface area contributed by atoms with Crippen LogP contribution < -0.4 is 4.90 Å². The van der Waals surface area contributed by atoms with Crippen molar-refractivity contribution >= 4 is 5.82 Å². The average molecular weight is 172 g/mol. The quantitative estimate of drug-likeness (QED) is 0.690. The first-order chi connectivity index (χ1) is 5.70. The fourth-order valence-corrected chi connectivity index (χ4v) is 0.880. The third-order valence-electron chi connectivity index (χ3n) is 1.45. The minimum atomic E-state index is -2.32. The first-order valence-corrected chi connectivity index (χ1v) is 3.60. The van der Waals surface area contributed by atoms with Crippen LogP contribution in [0.2, 0.25) is 0 Å². The van der Waals surface area contributed by atoms with Gasteiger partial charge in [-0.25, -0.2) is 13.8 Å². The minimum Gasteiger partial charge on any atom is -0.354 e. The molecule has 0 aromatic carbocycles. The molecule has 0 amide bonds. The van der Waals surface area contributed by atoms with Gasteiger partial charge in [0.1, 0.15) is 5.82 Å². The van der Waals surface area contributed by atoms with Gasteiger partial charge >= 0.3 is 0 Å². The number of alkyl halides is 2. The zero-order valence-electron chi connectivity index (χ0n) is 6.74. The van der Waals surface area contributed by atoms with Crippen LogP contribution in [0, 0.1) is 0 Å². The minimum absolute atomic E-state index is 0.281. The maximum absolute atomic E-state index is 11.9. The number of halogens is 2. The summed E-state index contributed by atoms with van der Waals surface area (Å²) in [7, 11) is 1.59. The molecule has 4 heteroatoms. The molecule has 2 nitrogen and oxygen atoms in total. The lowest BCUT2D eigenvalue weighted by Gasteiger charge is -2.16. The Balaban J connectivity index is 2.59. The van der Waals surface area contributed by atoms with Gasteiger partial charge in [0, 0.05) is 13.2 Å². The SMILES string of the molecule is CN(CC(F)F)c1ccccn1. The molecule has 12 heavy (non-hydrogen) atoms. The van der Waals surface area contributed by atoms with Gasteiger partial charge in [0.25, 0.3) is 6.43 Å². The second kappa shape index (κ2) is 3.99. The van der Waals surface area contributed by atoms with Crippen LogP contribution >= 0.6 is 0 Å². The summed E-state index contributed by atoms with van der Waals surface area (Å²) in [5.41, 5.74) is 0. The summed E-state index contributed by atoms with van der Waals surface area (Å²) in [6, 6.07) is 5.21. The molecule has 0 aliphatic rings. The van der Waals surface area contributed by atoms with Crippen molar-refractivity contribution in [2.45, 2.75) is 6.43 Å². The lowest BCUT2D eigenvalue weighted by molar-refractivity contribution is 0.156. The van der Waals surface area contributed by atoms with Crippen molar-refractivity contribution in [3.05, 3.63) is 24.4 Å². The molecule has 0 saturated heterocycles. The highest BCUT2D eigenvalue weighted by Gasteiger charge is 2.08. The molecule has 0 spiro atoms. The summed E-state index contributed by atoms with van der Waals surface area (Å²) in [5.74, 6) is 0.567. The number of rotatable bonds is 3. The first kappa shape index (κ1) is 8.90. The van der Waals surface area contributed by atoms with Gasteiger partial charge in [0.05, 0.1) is 6.54 Å². The Bertz CT molecular complexity index is 226. The fraction of sp³-hybridized carbons (Fsp3) is 0.375. The fourth-order valence-electron chi connectivity index (χ4n) is 0.880. The normalized spacial score (nSPS) is 10.3. The summed E-state index contributed by atoms with van der Waals surface area (Å²) in [6.45, 7) is -0.281. The van der Waals surface area contributed by atoms with E-state index in [1.807, 2.05) is 0 Å². The molecule has 1 heterocycles. The van der Waals surface area contributed by atoms with Crippen LogP contribution in [0.4, 0.5) is 14.6 Å². The van der Waals surface area contributed by atoms with Crippen LogP contribution in [0.1, 0.15) is 0 Å². The third kappa shape index (κ3) is 2.45. The summed E-state index contributed by atoms with van der Waals surface area (Å²) in [4.78, 5) is 5.35. The lowest BCUT2D eigenvalue weighted by atomic mass is 10.4. The number of hydrogen-bond acceptors (Lipinski definition) is 2. The van der Waals surface area contributed by atoms with Crippen LogP contribution in [0.5, 0.6) is 0 Å². The van der Waals surface area contributed by atoms with E-state index >= 15 is 0 Å². The van der Waals surface area contributed by atoms with Gasteiger partial charge in [-0.2, -0.15) is 0 Å². The molecular weight excluding hydrogens is 162 g/mol. The van der Waals surface area contributed by atoms with Crippen LogP contribution in [-0.2, 0) is 0 Å². The predicted octanol–water partition coefficient (Wildman–Crippen LogP) is 1.78. The van der Waals surface area contributed by atoms with Crippen LogP contribution in [0.25, 0.3) is 0 Å². The molecule has 0 fully saturated rings. The van der Waals surface area contributed by atoms with E-state index in [0.29, 0.717) is 5.82 Å². The summed E-state index contributed by atoms with van der Waals surface area (Å²) in [5, 5.41) is 0. The molecular formula is C8H10F2N2. The van der Waals surface area contributed by atoms with Gasteiger partial charge in [0.15, 0.2) is 0 Å². The van der Waals surface area contributed by atoms with Crippen molar-refractivity contribution < 1.29 is 8.78 Å². The smallest absolute Gasteiger partial charge is 0.255 e. The van der Waals surface area contributed by atoms with Crippen LogP contribution in [0.3, 0.4) is 0 Å². The topological polar surface area (TPSA) is 16.1 Å². The molecule has 0 saturated carbocycles. The van der Waals surface area contributed by atoms with E-state index in [9.17, 15) is 8.78 Å². The molecule has 66 valence electrons. The Morgan fingerprint density at radius 1 is 1.50 bits per heavy atom. The molecule has 0 N–H and O–H groups in total. The molecule has 1 aromatic heterocycles. The van der Waals surface area contributed by atoms with E-state index in [2.05, 4.69) is 4.98 Å². The van der Waals surface area contributed by atoms with Gasteiger partial charge in [-0.1, -0.05) is 6.07 Å². The van der Waals surface area contributed by atoms with E-state index in [1.165, 1.54) is 4.90 Å².